The molecule has 0 rings (SSSR count). The zero-order valence-corrected chi connectivity index (χ0v) is 14.0. The molecular weight excluding hydrogens is 266 g/mol. The summed E-state index contributed by atoms with van der Waals surface area (Å²) in [7, 11) is 0. The van der Waals surface area contributed by atoms with Gasteiger partial charge in [0.25, 0.3) is 0 Å². The molecule has 0 aromatic carbocycles. The lowest BCUT2D eigenvalue weighted by atomic mass is 9.93. The summed E-state index contributed by atoms with van der Waals surface area (Å²) in [4.78, 5) is 23.0. The van der Waals surface area contributed by atoms with Crippen molar-refractivity contribution in [1.82, 2.24) is 0 Å². The van der Waals surface area contributed by atoms with E-state index in [0.29, 0.717) is 19.4 Å². The Morgan fingerprint density at radius 3 is 2.10 bits per heavy atom. The molecule has 0 aromatic rings. The molecule has 0 fully saturated rings. The van der Waals surface area contributed by atoms with Crippen LogP contribution in [-0.4, -0.2) is 18.5 Å². The number of esters is 1. The predicted octanol–water partition coefficient (Wildman–Crippen LogP) is 3.82. The van der Waals surface area contributed by atoms with Crippen LogP contribution in [0.4, 0.5) is 0 Å². The minimum absolute atomic E-state index is 0.208. The molecule has 0 bridgehead atoms. The molecule has 0 aromatic heterocycles. The number of rotatable bonds is 13. The fourth-order valence-electron chi connectivity index (χ4n) is 2.38. The van der Waals surface area contributed by atoms with Gasteiger partial charge in [-0.2, -0.15) is 0 Å². The Morgan fingerprint density at radius 2 is 1.57 bits per heavy atom. The highest BCUT2D eigenvalue weighted by atomic mass is 16.5. The minimum Gasteiger partial charge on any atom is -0.465 e. The van der Waals surface area contributed by atoms with E-state index in [9.17, 15) is 9.59 Å². The summed E-state index contributed by atoms with van der Waals surface area (Å²) in [5, 5.41) is 0. The standard InChI is InChI=1S/C17H33NO3/c1-4-6-7-8-9-10-11-12-21-17(20)14(3)13-15(5-2)16(18)19/h14-15H,4-13H2,1-3H3,(H2,18,19). The first kappa shape index (κ1) is 19.9. The number of unbranched alkanes of at least 4 members (excludes halogenated alkanes) is 6. The summed E-state index contributed by atoms with van der Waals surface area (Å²) in [5.74, 6) is -1.02. The smallest absolute Gasteiger partial charge is 0.308 e. The third-order valence-corrected chi connectivity index (χ3v) is 3.93. The summed E-state index contributed by atoms with van der Waals surface area (Å²) < 4.78 is 5.27. The van der Waals surface area contributed by atoms with Crippen molar-refractivity contribution < 1.29 is 14.3 Å². The number of hydrogen-bond acceptors (Lipinski definition) is 3. The van der Waals surface area contributed by atoms with Gasteiger partial charge in [0.05, 0.1) is 12.5 Å². The van der Waals surface area contributed by atoms with Gasteiger partial charge >= 0.3 is 5.97 Å². The maximum absolute atomic E-state index is 11.8. The summed E-state index contributed by atoms with van der Waals surface area (Å²) >= 11 is 0. The van der Waals surface area contributed by atoms with E-state index in [-0.39, 0.29) is 23.7 Å². The van der Waals surface area contributed by atoms with Crippen molar-refractivity contribution in [2.24, 2.45) is 17.6 Å². The van der Waals surface area contributed by atoms with Gasteiger partial charge in [-0.25, -0.2) is 0 Å². The van der Waals surface area contributed by atoms with Crippen molar-refractivity contribution in [3.63, 3.8) is 0 Å². The third kappa shape index (κ3) is 10.3. The normalized spacial score (nSPS) is 13.7. The zero-order valence-electron chi connectivity index (χ0n) is 14.0. The van der Waals surface area contributed by atoms with E-state index in [4.69, 9.17) is 10.5 Å². The Kier molecular flexibility index (Phi) is 12.0. The number of nitrogens with two attached hydrogens (primary N) is 1. The summed E-state index contributed by atoms with van der Waals surface area (Å²) in [6, 6.07) is 0. The Morgan fingerprint density at radius 1 is 1.00 bits per heavy atom. The molecule has 0 aliphatic carbocycles. The van der Waals surface area contributed by atoms with Crippen LogP contribution in [0.3, 0.4) is 0 Å². The van der Waals surface area contributed by atoms with E-state index < -0.39 is 0 Å². The molecular formula is C17H33NO3. The van der Waals surface area contributed by atoms with E-state index in [1.165, 1.54) is 32.1 Å². The average Bonchev–Trinajstić information content (AvgIpc) is 2.46. The maximum Gasteiger partial charge on any atom is 0.308 e. The fourth-order valence-corrected chi connectivity index (χ4v) is 2.38. The first-order valence-corrected chi connectivity index (χ1v) is 8.48. The predicted molar refractivity (Wildman–Crippen MR) is 85.7 cm³/mol. The molecule has 2 N–H and O–H groups in total. The maximum atomic E-state index is 11.8. The van der Waals surface area contributed by atoms with Crippen molar-refractivity contribution in [2.75, 3.05) is 6.61 Å². The van der Waals surface area contributed by atoms with Gasteiger partial charge in [0.2, 0.25) is 5.91 Å². The van der Waals surface area contributed by atoms with Crippen molar-refractivity contribution in [2.45, 2.75) is 78.6 Å². The lowest BCUT2D eigenvalue weighted by molar-refractivity contribution is -0.148. The SMILES string of the molecule is CCCCCCCCCOC(=O)C(C)CC(CC)C(N)=O. The van der Waals surface area contributed by atoms with Crippen LogP contribution in [0.15, 0.2) is 0 Å². The summed E-state index contributed by atoms with van der Waals surface area (Å²) in [5.41, 5.74) is 5.29. The highest BCUT2D eigenvalue weighted by Crippen LogP contribution is 2.16. The number of ether oxygens (including phenoxy) is 1. The largest absolute Gasteiger partial charge is 0.465 e. The molecule has 0 saturated heterocycles. The Bertz CT molecular complexity index is 292. The van der Waals surface area contributed by atoms with Gasteiger partial charge in [-0.15, -0.1) is 0 Å². The molecule has 0 spiro atoms. The van der Waals surface area contributed by atoms with Crippen LogP contribution in [0.2, 0.25) is 0 Å². The van der Waals surface area contributed by atoms with E-state index in [0.717, 1.165) is 12.8 Å². The van der Waals surface area contributed by atoms with E-state index >= 15 is 0 Å². The lowest BCUT2D eigenvalue weighted by Gasteiger charge is -2.16. The number of hydrogen-bond donors (Lipinski definition) is 1. The molecule has 4 nitrogen and oxygen atoms in total. The van der Waals surface area contributed by atoms with Gasteiger partial charge in [0.15, 0.2) is 0 Å². The molecule has 124 valence electrons. The summed E-state index contributed by atoms with van der Waals surface area (Å²) in [6.07, 6.45) is 9.57. The van der Waals surface area contributed by atoms with Gasteiger partial charge < -0.3 is 10.5 Å². The van der Waals surface area contributed by atoms with Crippen LogP contribution in [0, 0.1) is 11.8 Å². The monoisotopic (exact) mass is 299 g/mol. The molecule has 0 saturated carbocycles. The van der Waals surface area contributed by atoms with Crippen LogP contribution in [0.25, 0.3) is 0 Å². The molecule has 21 heavy (non-hydrogen) atoms. The molecule has 2 unspecified atom stereocenters. The van der Waals surface area contributed by atoms with E-state index in [1.54, 1.807) is 6.92 Å². The van der Waals surface area contributed by atoms with Gasteiger partial charge in [-0.3, -0.25) is 9.59 Å². The molecule has 0 heterocycles. The fraction of sp³-hybridized carbons (Fsp3) is 0.882. The van der Waals surface area contributed by atoms with Gasteiger partial charge in [0.1, 0.15) is 0 Å². The van der Waals surface area contributed by atoms with Crippen LogP contribution in [0.1, 0.15) is 78.6 Å². The second-order valence-corrected chi connectivity index (χ2v) is 5.93. The van der Waals surface area contributed by atoms with Crippen LogP contribution >= 0.6 is 0 Å². The highest BCUT2D eigenvalue weighted by Gasteiger charge is 2.22. The van der Waals surface area contributed by atoms with Crippen LogP contribution in [0.5, 0.6) is 0 Å². The molecule has 4 heteroatoms. The Balaban J connectivity index is 3.66. The second-order valence-electron chi connectivity index (χ2n) is 5.93. The Hall–Kier alpha value is -1.06. The highest BCUT2D eigenvalue weighted by molar-refractivity contribution is 5.78. The molecule has 0 radical (unpaired) electrons. The first-order chi connectivity index (χ1) is 10.0. The van der Waals surface area contributed by atoms with Crippen molar-refractivity contribution in [3.8, 4) is 0 Å². The molecule has 0 aliphatic rings. The van der Waals surface area contributed by atoms with Crippen molar-refractivity contribution in [3.05, 3.63) is 0 Å². The van der Waals surface area contributed by atoms with E-state index in [1.807, 2.05) is 6.92 Å². The molecule has 2 atom stereocenters. The van der Waals surface area contributed by atoms with Crippen LogP contribution in [-0.2, 0) is 14.3 Å². The van der Waals surface area contributed by atoms with Crippen molar-refractivity contribution in [1.29, 1.82) is 0 Å². The second kappa shape index (κ2) is 12.7. The molecule has 1 amide bonds. The van der Waals surface area contributed by atoms with Crippen LogP contribution < -0.4 is 5.73 Å². The quantitative estimate of drug-likeness (QED) is 0.415. The summed E-state index contributed by atoms with van der Waals surface area (Å²) in [6.45, 7) is 6.41. The first-order valence-electron chi connectivity index (χ1n) is 8.48. The van der Waals surface area contributed by atoms with E-state index in [2.05, 4.69) is 6.92 Å². The van der Waals surface area contributed by atoms with Gasteiger partial charge in [-0.05, 0) is 19.3 Å². The molecule has 0 aliphatic heterocycles. The van der Waals surface area contributed by atoms with Gasteiger partial charge in [0, 0.05) is 5.92 Å². The number of carbonyl (C=O) groups excluding carboxylic acids is 2. The average molecular weight is 299 g/mol. The minimum atomic E-state index is -0.329. The lowest BCUT2D eigenvalue weighted by Crippen LogP contribution is -2.27. The van der Waals surface area contributed by atoms with Crippen molar-refractivity contribution >= 4 is 11.9 Å². The number of primary amides is 1. The zero-order chi connectivity index (χ0) is 16.1. The number of carbonyl (C=O) groups is 2. The Labute approximate surface area is 129 Å². The topological polar surface area (TPSA) is 69.4 Å². The third-order valence-electron chi connectivity index (χ3n) is 3.93. The van der Waals surface area contributed by atoms with Gasteiger partial charge in [-0.1, -0.05) is 59.3 Å². The number of amides is 1.